The van der Waals surface area contributed by atoms with Gasteiger partial charge in [-0.2, -0.15) is 0 Å². The summed E-state index contributed by atoms with van der Waals surface area (Å²) in [5, 5.41) is 13.0. The molecule has 5 nitrogen and oxygen atoms in total. The molecule has 0 aliphatic heterocycles. The lowest BCUT2D eigenvalue weighted by Crippen LogP contribution is -2.07. The molecule has 86 valence electrons. The van der Waals surface area contributed by atoms with Crippen LogP contribution in [-0.2, 0) is 4.79 Å². The van der Waals surface area contributed by atoms with Crippen LogP contribution in [0.5, 0.6) is 0 Å². The van der Waals surface area contributed by atoms with E-state index in [1.165, 1.54) is 6.08 Å². The van der Waals surface area contributed by atoms with Crippen LogP contribution in [0.25, 0.3) is 11.0 Å². The molecule has 2 N–H and O–H groups in total. The number of carbonyl (C=O) groups excluding carboxylic acids is 1. The quantitative estimate of drug-likeness (QED) is 0.623. The van der Waals surface area contributed by atoms with Crippen LogP contribution in [-0.4, -0.2) is 21.3 Å². The number of hydrogen-bond acceptors (Lipinski definition) is 3. The zero-order chi connectivity index (χ0) is 12.1. The van der Waals surface area contributed by atoms with Crippen molar-refractivity contribution in [1.29, 1.82) is 0 Å². The summed E-state index contributed by atoms with van der Waals surface area (Å²) in [5.41, 5.74) is 2.26. The Labute approximate surface area is 98.2 Å². The van der Waals surface area contributed by atoms with E-state index in [4.69, 9.17) is 0 Å². The first kappa shape index (κ1) is 11.1. The number of allylic oxidation sites excluding steroid dienone is 3. The van der Waals surface area contributed by atoms with Crippen LogP contribution >= 0.6 is 0 Å². The molecule has 0 unspecified atom stereocenters. The van der Waals surface area contributed by atoms with Crippen LogP contribution in [0.2, 0.25) is 0 Å². The molecular weight excluding hydrogens is 216 g/mol. The summed E-state index contributed by atoms with van der Waals surface area (Å²) in [4.78, 5) is 11.5. The second-order valence-electron chi connectivity index (χ2n) is 3.42. The summed E-state index contributed by atoms with van der Waals surface area (Å²) in [6.45, 7) is 1.89. The molecule has 1 heterocycles. The van der Waals surface area contributed by atoms with Gasteiger partial charge in [0.15, 0.2) is 0 Å². The molecule has 5 heteroatoms. The number of aromatic nitrogens is 3. The van der Waals surface area contributed by atoms with Crippen LogP contribution in [0.15, 0.2) is 42.5 Å². The Balaban J connectivity index is 2.10. The summed E-state index contributed by atoms with van der Waals surface area (Å²) in [7, 11) is 0. The van der Waals surface area contributed by atoms with Crippen LogP contribution in [0.4, 0.5) is 5.69 Å². The van der Waals surface area contributed by atoms with E-state index >= 15 is 0 Å². The third-order valence-electron chi connectivity index (χ3n) is 2.14. The van der Waals surface area contributed by atoms with Gasteiger partial charge in [0.25, 0.3) is 0 Å². The number of nitrogens with zero attached hydrogens (tertiary/aromatic N) is 2. The molecule has 0 radical (unpaired) electrons. The molecule has 1 aromatic carbocycles. The Bertz CT molecular complexity index is 583. The van der Waals surface area contributed by atoms with Crippen LogP contribution in [0, 0.1) is 0 Å². The van der Waals surface area contributed by atoms with Crippen molar-refractivity contribution in [3.8, 4) is 0 Å². The van der Waals surface area contributed by atoms with Gasteiger partial charge >= 0.3 is 0 Å². The highest BCUT2D eigenvalue weighted by Gasteiger charge is 2.01. The van der Waals surface area contributed by atoms with E-state index in [9.17, 15) is 4.79 Å². The summed E-state index contributed by atoms with van der Waals surface area (Å²) in [6.07, 6.45) is 6.79. The zero-order valence-corrected chi connectivity index (χ0v) is 9.34. The Hall–Kier alpha value is -2.43. The number of carbonyl (C=O) groups is 1. The van der Waals surface area contributed by atoms with Crippen molar-refractivity contribution in [2.75, 3.05) is 5.32 Å². The number of amides is 1. The van der Waals surface area contributed by atoms with Crippen molar-refractivity contribution >= 4 is 22.6 Å². The molecular formula is C12H12N4O. The monoisotopic (exact) mass is 228 g/mol. The van der Waals surface area contributed by atoms with Gasteiger partial charge in [0, 0.05) is 11.8 Å². The van der Waals surface area contributed by atoms with Gasteiger partial charge in [-0.3, -0.25) is 9.89 Å². The van der Waals surface area contributed by atoms with Gasteiger partial charge in [-0.25, -0.2) is 0 Å². The fourth-order valence-electron chi connectivity index (χ4n) is 1.36. The van der Waals surface area contributed by atoms with Gasteiger partial charge in [-0.05, 0) is 25.1 Å². The highest BCUT2D eigenvalue weighted by atomic mass is 16.1. The number of anilines is 1. The summed E-state index contributed by atoms with van der Waals surface area (Å²) in [6, 6.07) is 5.38. The van der Waals surface area contributed by atoms with Gasteiger partial charge < -0.3 is 5.32 Å². The van der Waals surface area contributed by atoms with Gasteiger partial charge in [-0.1, -0.05) is 23.4 Å². The average molecular weight is 228 g/mol. The number of H-pyrrole nitrogens is 1. The van der Waals surface area contributed by atoms with Gasteiger partial charge in [-0.15, -0.1) is 5.10 Å². The lowest BCUT2D eigenvalue weighted by Gasteiger charge is -2.00. The third-order valence-corrected chi connectivity index (χ3v) is 2.14. The largest absolute Gasteiger partial charge is 0.322 e. The molecule has 0 spiro atoms. The van der Waals surface area contributed by atoms with Crippen LogP contribution in [0.1, 0.15) is 6.92 Å². The first-order valence-corrected chi connectivity index (χ1v) is 5.21. The average Bonchev–Trinajstić information content (AvgIpc) is 2.76. The molecule has 0 fully saturated rings. The topological polar surface area (TPSA) is 70.7 Å². The van der Waals surface area contributed by atoms with E-state index in [2.05, 4.69) is 20.7 Å². The maximum absolute atomic E-state index is 11.5. The van der Waals surface area contributed by atoms with E-state index in [1.54, 1.807) is 24.3 Å². The Morgan fingerprint density at radius 1 is 1.41 bits per heavy atom. The van der Waals surface area contributed by atoms with Crippen LogP contribution < -0.4 is 5.32 Å². The number of aromatic amines is 1. The fraction of sp³-hybridized carbons (Fsp3) is 0.0833. The zero-order valence-electron chi connectivity index (χ0n) is 9.34. The first-order chi connectivity index (χ1) is 8.29. The molecule has 0 aliphatic carbocycles. The highest BCUT2D eigenvalue weighted by molar-refractivity contribution is 6.00. The van der Waals surface area contributed by atoms with E-state index in [1.807, 2.05) is 19.1 Å². The fourth-order valence-corrected chi connectivity index (χ4v) is 1.36. The molecule has 0 bridgehead atoms. The molecule has 0 aliphatic rings. The van der Waals surface area contributed by atoms with Crippen molar-refractivity contribution in [1.82, 2.24) is 15.4 Å². The Morgan fingerprint density at radius 2 is 2.29 bits per heavy atom. The van der Waals surface area contributed by atoms with E-state index in [-0.39, 0.29) is 5.91 Å². The van der Waals surface area contributed by atoms with Gasteiger partial charge in [0.1, 0.15) is 5.52 Å². The molecule has 2 aromatic rings. The second-order valence-corrected chi connectivity index (χ2v) is 3.42. The number of nitrogens with one attached hydrogen (secondary N) is 2. The van der Waals surface area contributed by atoms with Crippen molar-refractivity contribution < 1.29 is 4.79 Å². The predicted octanol–water partition coefficient (Wildman–Crippen LogP) is 2.03. The van der Waals surface area contributed by atoms with Gasteiger partial charge in [0.2, 0.25) is 5.91 Å². The molecule has 1 aromatic heterocycles. The summed E-state index contributed by atoms with van der Waals surface area (Å²) < 4.78 is 0. The van der Waals surface area contributed by atoms with Crippen molar-refractivity contribution in [3.05, 3.63) is 42.5 Å². The molecule has 0 saturated carbocycles. The van der Waals surface area contributed by atoms with E-state index in [0.29, 0.717) is 5.69 Å². The lowest BCUT2D eigenvalue weighted by molar-refractivity contribution is -0.111. The van der Waals surface area contributed by atoms with Crippen LogP contribution in [0.3, 0.4) is 0 Å². The lowest BCUT2D eigenvalue weighted by atomic mass is 10.2. The van der Waals surface area contributed by atoms with E-state index < -0.39 is 0 Å². The first-order valence-electron chi connectivity index (χ1n) is 5.21. The minimum absolute atomic E-state index is 0.175. The molecule has 2 rings (SSSR count). The molecule has 0 atom stereocenters. The van der Waals surface area contributed by atoms with Crippen molar-refractivity contribution in [3.63, 3.8) is 0 Å². The summed E-state index contributed by atoms with van der Waals surface area (Å²) >= 11 is 0. The molecule has 0 saturated heterocycles. The van der Waals surface area contributed by atoms with E-state index in [0.717, 1.165) is 11.0 Å². The number of rotatable bonds is 3. The predicted molar refractivity (Wildman–Crippen MR) is 66.5 cm³/mol. The number of hydrogen-bond donors (Lipinski definition) is 2. The standard InChI is InChI=1S/C12H12N4O/c1-2-3-4-5-12(17)13-9-6-7-10-11(8-9)15-16-14-10/h2-8H,1H3,(H,13,17)(H,14,15,16). The van der Waals surface area contributed by atoms with Gasteiger partial charge in [0.05, 0.1) is 5.52 Å². The molecule has 1 amide bonds. The minimum atomic E-state index is -0.175. The van der Waals surface area contributed by atoms with Crippen molar-refractivity contribution in [2.45, 2.75) is 6.92 Å². The Kier molecular flexibility index (Phi) is 3.30. The molecule has 17 heavy (non-hydrogen) atoms. The third kappa shape index (κ3) is 2.78. The normalized spacial score (nSPS) is 11.6. The number of benzene rings is 1. The number of fused-ring (bicyclic) bond motifs is 1. The second kappa shape index (κ2) is 5.07. The minimum Gasteiger partial charge on any atom is -0.322 e. The Morgan fingerprint density at radius 3 is 3.12 bits per heavy atom. The maximum Gasteiger partial charge on any atom is 0.248 e. The van der Waals surface area contributed by atoms with Crippen molar-refractivity contribution in [2.24, 2.45) is 0 Å². The summed E-state index contributed by atoms with van der Waals surface area (Å²) in [5.74, 6) is -0.175. The maximum atomic E-state index is 11.5. The SMILES string of the molecule is CC=CC=CC(=O)Nc1ccc2[nH]nnc2c1. The smallest absolute Gasteiger partial charge is 0.248 e. The highest BCUT2D eigenvalue weighted by Crippen LogP contribution is 2.14.